The lowest BCUT2D eigenvalue weighted by molar-refractivity contribution is -0.133. The van der Waals surface area contributed by atoms with Gasteiger partial charge in [0.1, 0.15) is 0 Å². The topological polar surface area (TPSA) is 72.1 Å². The van der Waals surface area contributed by atoms with Crippen LogP contribution in [0.15, 0.2) is 53.3 Å². The quantitative estimate of drug-likeness (QED) is 0.689. The van der Waals surface area contributed by atoms with E-state index in [0.717, 1.165) is 42.9 Å². The standard InChI is InChI=1S/C22H24N4O2/c1-15-3-5-17(6-4-15)16(2)22(27)26-13-9-18(10-14-26)20-24-21(28-25-20)19-7-11-23-12-8-19/h3-8,11-12,16,18H,9-10,13-14H2,1-2H3/t16-/m1/s1. The van der Waals surface area contributed by atoms with Crippen LogP contribution in [-0.4, -0.2) is 39.0 Å². The number of hydrogen-bond donors (Lipinski definition) is 0. The molecule has 1 atom stereocenters. The van der Waals surface area contributed by atoms with Gasteiger partial charge in [-0.1, -0.05) is 35.0 Å². The Morgan fingerprint density at radius 1 is 1.11 bits per heavy atom. The molecule has 1 amide bonds. The predicted octanol–water partition coefficient (Wildman–Crippen LogP) is 3.95. The number of nitrogens with zero attached hydrogens (tertiary/aromatic N) is 4. The molecule has 2 aromatic heterocycles. The molecule has 0 N–H and O–H groups in total. The van der Waals surface area contributed by atoms with Crippen LogP contribution in [0, 0.1) is 6.92 Å². The van der Waals surface area contributed by atoms with Crippen molar-refractivity contribution in [2.24, 2.45) is 0 Å². The van der Waals surface area contributed by atoms with Gasteiger partial charge >= 0.3 is 0 Å². The predicted molar refractivity (Wildman–Crippen MR) is 106 cm³/mol. The molecule has 3 aromatic rings. The van der Waals surface area contributed by atoms with E-state index in [2.05, 4.69) is 34.2 Å². The number of aryl methyl sites for hydroxylation is 1. The number of carbonyl (C=O) groups is 1. The Hall–Kier alpha value is -3.02. The van der Waals surface area contributed by atoms with Gasteiger partial charge in [0.15, 0.2) is 5.82 Å². The van der Waals surface area contributed by atoms with Crippen LogP contribution in [0.2, 0.25) is 0 Å². The highest BCUT2D eigenvalue weighted by molar-refractivity contribution is 5.83. The zero-order chi connectivity index (χ0) is 19.5. The smallest absolute Gasteiger partial charge is 0.258 e. The largest absolute Gasteiger partial charge is 0.342 e. The fraction of sp³-hybridized carbons (Fsp3) is 0.364. The highest BCUT2D eigenvalue weighted by Gasteiger charge is 2.29. The third-order valence-corrected chi connectivity index (χ3v) is 5.49. The molecule has 0 aliphatic carbocycles. The number of hydrogen-bond acceptors (Lipinski definition) is 5. The number of carbonyl (C=O) groups excluding carboxylic acids is 1. The molecule has 6 nitrogen and oxygen atoms in total. The van der Waals surface area contributed by atoms with Gasteiger partial charge in [0.25, 0.3) is 5.89 Å². The molecule has 0 bridgehead atoms. The van der Waals surface area contributed by atoms with Gasteiger partial charge in [-0.3, -0.25) is 9.78 Å². The number of rotatable bonds is 4. The number of benzene rings is 1. The van der Waals surface area contributed by atoms with E-state index in [0.29, 0.717) is 5.89 Å². The normalized spacial score (nSPS) is 16.1. The second-order valence-electron chi connectivity index (χ2n) is 7.43. The minimum atomic E-state index is -0.124. The van der Waals surface area contributed by atoms with Gasteiger partial charge in [-0.05, 0) is 44.4 Å². The molecule has 1 saturated heterocycles. The molecule has 1 aliphatic rings. The first-order chi connectivity index (χ1) is 13.6. The van der Waals surface area contributed by atoms with Crippen molar-refractivity contribution in [2.45, 2.75) is 38.5 Å². The maximum atomic E-state index is 12.9. The van der Waals surface area contributed by atoms with Crippen LogP contribution >= 0.6 is 0 Å². The van der Waals surface area contributed by atoms with Gasteiger partial charge in [0.05, 0.1) is 5.92 Å². The van der Waals surface area contributed by atoms with E-state index < -0.39 is 0 Å². The number of aromatic nitrogens is 3. The lowest BCUT2D eigenvalue weighted by atomic mass is 9.93. The van der Waals surface area contributed by atoms with Gasteiger partial charge in [0.2, 0.25) is 5.91 Å². The Bertz CT molecular complexity index is 929. The molecule has 3 heterocycles. The second-order valence-corrected chi connectivity index (χ2v) is 7.43. The Labute approximate surface area is 164 Å². The van der Waals surface area contributed by atoms with Crippen LogP contribution in [-0.2, 0) is 4.79 Å². The van der Waals surface area contributed by atoms with Crippen LogP contribution in [0.4, 0.5) is 0 Å². The van der Waals surface area contributed by atoms with Gasteiger partial charge in [-0.2, -0.15) is 4.98 Å². The highest BCUT2D eigenvalue weighted by atomic mass is 16.5. The first-order valence-corrected chi connectivity index (χ1v) is 9.71. The maximum absolute atomic E-state index is 12.9. The van der Waals surface area contributed by atoms with Crippen molar-refractivity contribution in [3.05, 3.63) is 65.7 Å². The summed E-state index contributed by atoms with van der Waals surface area (Å²) in [7, 11) is 0. The lowest BCUT2D eigenvalue weighted by Gasteiger charge is -2.32. The first kappa shape index (κ1) is 18.3. The molecule has 1 fully saturated rings. The monoisotopic (exact) mass is 376 g/mol. The zero-order valence-electron chi connectivity index (χ0n) is 16.2. The fourth-order valence-electron chi connectivity index (χ4n) is 3.64. The van der Waals surface area contributed by atoms with Crippen molar-refractivity contribution in [3.8, 4) is 11.5 Å². The lowest BCUT2D eigenvalue weighted by Crippen LogP contribution is -2.40. The molecule has 4 rings (SSSR count). The first-order valence-electron chi connectivity index (χ1n) is 9.71. The summed E-state index contributed by atoms with van der Waals surface area (Å²) in [6.07, 6.45) is 5.11. The molecule has 0 saturated carbocycles. The number of likely N-dealkylation sites (tertiary alicyclic amines) is 1. The number of piperidine rings is 1. The third kappa shape index (κ3) is 3.81. The minimum absolute atomic E-state index is 0.124. The summed E-state index contributed by atoms with van der Waals surface area (Å²) < 4.78 is 5.41. The van der Waals surface area contributed by atoms with E-state index in [-0.39, 0.29) is 17.7 Å². The van der Waals surface area contributed by atoms with Crippen LogP contribution < -0.4 is 0 Å². The van der Waals surface area contributed by atoms with Crippen LogP contribution in [0.3, 0.4) is 0 Å². The molecular formula is C22H24N4O2. The Kier molecular flexibility index (Phi) is 5.19. The van der Waals surface area contributed by atoms with E-state index in [1.54, 1.807) is 12.4 Å². The summed E-state index contributed by atoms with van der Waals surface area (Å²) in [5.74, 6) is 1.53. The van der Waals surface area contributed by atoms with Gasteiger partial charge in [-0.15, -0.1) is 0 Å². The highest BCUT2D eigenvalue weighted by Crippen LogP contribution is 2.29. The Balaban J connectivity index is 1.37. The van der Waals surface area contributed by atoms with Crippen LogP contribution in [0.5, 0.6) is 0 Å². The van der Waals surface area contributed by atoms with Crippen molar-refractivity contribution < 1.29 is 9.32 Å². The average molecular weight is 376 g/mol. The summed E-state index contributed by atoms with van der Waals surface area (Å²) in [6.45, 7) is 5.48. The fourth-order valence-corrected chi connectivity index (χ4v) is 3.64. The molecule has 0 spiro atoms. The summed E-state index contributed by atoms with van der Waals surface area (Å²) >= 11 is 0. The van der Waals surface area contributed by atoms with E-state index in [1.807, 2.05) is 36.1 Å². The molecule has 6 heteroatoms. The van der Waals surface area contributed by atoms with Gasteiger partial charge in [0, 0.05) is 37.0 Å². The SMILES string of the molecule is Cc1ccc([C@@H](C)C(=O)N2CCC(c3noc(-c4ccncc4)n3)CC2)cc1. The number of amides is 1. The molecule has 0 radical (unpaired) electrons. The summed E-state index contributed by atoms with van der Waals surface area (Å²) in [6, 6.07) is 11.9. The third-order valence-electron chi connectivity index (χ3n) is 5.49. The average Bonchev–Trinajstić information content (AvgIpc) is 3.24. The molecule has 144 valence electrons. The van der Waals surface area contributed by atoms with Crippen LogP contribution in [0.1, 0.15) is 48.6 Å². The van der Waals surface area contributed by atoms with Crippen molar-refractivity contribution in [2.75, 3.05) is 13.1 Å². The van der Waals surface area contributed by atoms with Crippen LogP contribution in [0.25, 0.3) is 11.5 Å². The molecular weight excluding hydrogens is 352 g/mol. The zero-order valence-corrected chi connectivity index (χ0v) is 16.2. The Morgan fingerprint density at radius 3 is 2.46 bits per heavy atom. The van der Waals surface area contributed by atoms with Crippen molar-refractivity contribution in [1.82, 2.24) is 20.0 Å². The van der Waals surface area contributed by atoms with E-state index in [9.17, 15) is 4.79 Å². The minimum Gasteiger partial charge on any atom is -0.342 e. The van der Waals surface area contributed by atoms with Gasteiger partial charge in [-0.25, -0.2) is 0 Å². The summed E-state index contributed by atoms with van der Waals surface area (Å²) in [5.41, 5.74) is 3.14. The van der Waals surface area contributed by atoms with Crippen molar-refractivity contribution >= 4 is 5.91 Å². The maximum Gasteiger partial charge on any atom is 0.258 e. The summed E-state index contributed by atoms with van der Waals surface area (Å²) in [4.78, 5) is 23.4. The Morgan fingerprint density at radius 2 is 1.79 bits per heavy atom. The van der Waals surface area contributed by atoms with E-state index in [1.165, 1.54) is 5.56 Å². The van der Waals surface area contributed by atoms with Crippen molar-refractivity contribution in [1.29, 1.82) is 0 Å². The van der Waals surface area contributed by atoms with E-state index in [4.69, 9.17) is 4.52 Å². The van der Waals surface area contributed by atoms with Crippen molar-refractivity contribution in [3.63, 3.8) is 0 Å². The van der Waals surface area contributed by atoms with Gasteiger partial charge < -0.3 is 9.42 Å². The molecule has 1 aromatic carbocycles. The number of pyridine rings is 1. The second kappa shape index (κ2) is 7.92. The van der Waals surface area contributed by atoms with E-state index >= 15 is 0 Å². The molecule has 1 aliphatic heterocycles. The molecule has 28 heavy (non-hydrogen) atoms. The molecule has 0 unspecified atom stereocenters. The summed E-state index contributed by atoms with van der Waals surface area (Å²) in [5, 5.41) is 4.17.